The minimum atomic E-state index is -0.845. The maximum Gasteiger partial charge on any atom is 0.0971 e. The third-order valence-electron chi connectivity index (χ3n) is 10.9. The van der Waals surface area contributed by atoms with Crippen molar-refractivity contribution in [3.63, 3.8) is 0 Å². The Balaban J connectivity index is 1.56. The van der Waals surface area contributed by atoms with Crippen LogP contribution >= 0.6 is 0 Å². The summed E-state index contributed by atoms with van der Waals surface area (Å²) < 4.78 is 0. The van der Waals surface area contributed by atoms with Crippen LogP contribution in [0, 0.1) is 46.3 Å². The van der Waals surface area contributed by atoms with Crippen LogP contribution in [0.4, 0.5) is 0 Å². The lowest BCUT2D eigenvalue weighted by Crippen LogP contribution is -2.69. The Labute approximate surface area is 180 Å². The Kier molecular flexibility index (Phi) is 5.95. The van der Waals surface area contributed by atoms with E-state index in [1.54, 1.807) is 0 Å². The first-order chi connectivity index (χ1) is 13.6. The summed E-state index contributed by atoms with van der Waals surface area (Å²) in [5.41, 5.74) is -0.391. The molecule has 168 valence electrons. The molecule has 0 amide bonds. The van der Waals surface area contributed by atoms with Gasteiger partial charge in [-0.1, -0.05) is 66.7 Å². The third kappa shape index (κ3) is 3.34. The van der Waals surface area contributed by atoms with Gasteiger partial charge in [0.15, 0.2) is 0 Å². The summed E-state index contributed by atoms with van der Waals surface area (Å²) in [7, 11) is 0. The molecular weight excluding hydrogens is 356 g/mol. The molecule has 0 heterocycles. The Bertz CT molecular complexity index is 587. The summed E-state index contributed by atoms with van der Waals surface area (Å²) in [4.78, 5) is 0. The molecule has 29 heavy (non-hydrogen) atoms. The van der Waals surface area contributed by atoms with E-state index in [4.69, 9.17) is 0 Å². The van der Waals surface area contributed by atoms with E-state index in [-0.39, 0.29) is 10.8 Å². The molecule has 2 heteroatoms. The van der Waals surface area contributed by atoms with Crippen LogP contribution in [0.15, 0.2) is 0 Å². The van der Waals surface area contributed by atoms with E-state index >= 15 is 0 Å². The third-order valence-corrected chi connectivity index (χ3v) is 10.9. The monoisotopic (exact) mass is 404 g/mol. The molecule has 4 aliphatic rings. The van der Waals surface area contributed by atoms with Crippen molar-refractivity contribution in [1.29, 1.82) is 0 Å². The fourth-order valence-electron chi connectivity index (χ4n) is 9.35. The van der Waals surface area contributed by atoms with Crippen molar-refractivity contribution in [1.82, 2.24) is 0 Å². The van der Waals surface area contributed by atoms with Crippen LogP contribution in [-0.4, -0.2) is 21.9 Å². The van der Waals surface area contributed by atoms with Crippen LogP contribution in [0.5, 0.6) is 0 Å². The molecule has 0 bridgehead atoms. The number of hydrogen-bond donors (Lipinski definition) is 2. The van der Waals surface area contributed by atoms with Gasteiger partial charge in [0.25, 0.3) is 0 Å². The number of aliphatic hydroxyl groups is 2. The maximum atomic E-state index is 12.3. The van der Waals surface area contributed by atoms with Gasteiger partial charge in [-0.15, -0.1) is 0 Å². The maximum absolute atomic E-state index is 12.3. The van der Waals surface area contributed by atoms with Gasteiger partial charge in [0.2, 0.25) is 0 Å². The van der Waals surface area contributed by atoms with Gasteiger partial charge in [0, 0.05) is 0 Å². The molecule has 0 aromatic rings. The van der Waals surface area contributed by atoms with Crippen LogP contribution in [0.2, 0.25) is 0 Å². The minimum absolute atomic E-state index is 0.210. The number of aliphatic hydroxyl groups excluding tert-OH is 1. The van der Waals surface area contributed by atoms with Gasteiger partial charge in [-0.3, -0.25) is 0 Å². The molecule has 0 aliphatic heterocycles. The van der Waals surface area contributed by atoms with Crippen LogP contribution in [0.1, 0.15) is 112 Å². The molecule has 4 saturated carbocycles. The van der Waals surface area contributed by atoms with Gasteiger partial charge in [-0.05, 0) is 91.3 Å². The fourth-order valence-corrected chi connectivity index (χ4v) is 9.35. The molecule has 0 aromatic heterocycles. The Hall–Kier alpha value is -0.0800. The van der Waals surface area contributed by atoms with Gasteiger partial charge < -0.3 is 10.2 Å². The first kappa shape index (κ1) is 22.1. The summed E-state index contributed by atoms with van der Waals surface area (Å²) >= 11 is 0. The lowest BCUT2D eigenvalue weighted by Gasteiger charge is -2.66. The topological polar surface area (TPSA) is 40.5 Å². The van der Waals surface area contributed by atoms with Gasteiger partial charge in [0.1, 0.15) is 0 Å². The average Bonchev–Trinajstić information content (AvgIpc) is 3.01. The fraction of sp³-hybridized carbons (Fsp3) is 1.00. The highest BCUT2D eigenvalue weighted by atomic mass is 16.3. The van der Waals surface area contributed by atoms with E-state index in [1.807, 2.05) is 0 Å². The van der Waals surface area contributed by atoms with Crippen molar-refractivity contribution in [3.8, 4) is 0 Å². The first-order valence-corrected chi connectivity index (χ1v) is 13.0. The van der Waals surface area contributed by atoms with Crippen LogP contribution in [0.3, 0.4) is 0 Å². The van der Waals surface area contributed by atoms with Crippen molar-refractivity contribution >= 4 is 0 Å². The lowest BCUT2D eigenvalue weighted by atomic mass is 9.42. The zero-order valence-corrected chi connectivity index (χ0v) is 19.9. The zero-order valence-electron chi connectivity index (χ0n) is 19.9. The molecule has 0 spiro atoms. The van der Waals surface area contributed by atoms with Crippen molar-refractivity contribution in [2.75, 3.05) is 0 Å². The molecule has 4 fully saturated rings. The largest absolute Gasteiger partial charge is 0.390 e. The van der Waals surface area contributed by atoms with Crippen molar-refractivity contribution in [2.24, 2.45) is 46.3 Å². The predicted molar refractivity (Wildman–Crippen MR) is 121 cm³/mol. The molecule has 4 aliphatic carbocycles. The second kappa shape index (κ2) is 7.80. The summed E-state index contributed by atoms with van der Waals surface area (Å²) in [5.74, 6) is 3.47. The van der Waals surface area contributed by atoms with Gasteiger partial charge in [-0.25, -0.2) is 0 Å². The zero-order chi connectivity index (χ0) is 21.0. The second-order valence-corrected chi connectivity index (χ2v) is 12.7. The van der Waals surface area contributed by atoms with Gasteiger partial charge in [0.05, 0.1) is 11.7 Å². The molecule has 2 nitrogen and oxygen atoms in total. The highest BCUT2D eigenvalue weighted by Gasteiger charge is 2.69. The minimum Gasteiger partial charge on any atom is -0.390 e. The number of fused-ring (bicyclic) bond motifs is 5. The smallest absolute Gasteiger partial charge is 0.0971 e. The molecule has 0 unspecified atom stereocenters. The SMILES string of the molecule is CC(C)CCC[C@@H](C)[C@@H]1CC[C@@H]2[C@]1(C)CC[C@H]1[C@]3(C)CCCC[C@@H]3C[C@@H](O)[C@]21O. The van der Waals surface area contributed by atoms with Gasteiger partial charge in [-0.2, -0.15) is 0 Å². The van der Waals surface area contributed by atoms with Crippen LogP contribution < -0.4 is 0 Å². The second-order valence-electron chi connectivity index (χ2n) is 12.7. The summed E-state index contributed by atoms with van der Waals surface area (Å²) in [6.07, 6.45) is 14.2. The highest BCUT2D eigenvalue weighted by molar-refractivity contribution is 5.18. The summed E-state index contributed by atoms with van der Waals surface area (Å²) in [5, 5.41) is 23.7. The summed E-state index contributed by atoms with van der Waals surface area (Å²) in [6.45, 7) is 12.1. The molecule has 2 N–H and O–H groups in total. The van der Waals surface area contributed by atoms with E-state index in [1.165, 1.54) is 57.8 Å². The highest BCUT2D eigenvalue weighted by Crippen LogP contribution is 2.69. The quantitative estimate of drug-likeness (QED) is 0.543. The first-order valence-electron chi connectivity index (χ1n) is 13.0. The predicted octanol–water partition coefficient (Wildman–Crippen LogP) is 6.58. The van der Waals surface area contributed by atoms with Crippen LogP contribution in [0.25, 0.3) is 0 Å². The molecule has 9 atom stereocenters. The Morgan fingerprint density at radius 2 is 1.59 bits per heavy atom. The number of hydrogen-bond acceptors (Lipinski definition) is 2. The molecule has 0 radical (unpaired) electrons. The summed E-state index contributed by atoms with van der Waals surface area (Å²) in [6, 6.07) is 0. The number of rotatable bonds is 5. The van der Waals surface area contributed by atoms with Crippen molar-refractivity contribution in [3.05, 3.63) is 0 Å². The van der Waals surface area contributed by atoms with E-state index in [9.17, 15) is 10.2 Å². The van der Waals surface area contributed by atoms with Crippen molar-refractivity contribution in [2.45, 2.75) is 123 Å². The Morgan fingerprint density at radius 3 is 2.31 bits per heavy atom. The molecule has 4 rings (SSSR count). The average molecular weight is 405 g/mol. The van der Waals surface area contributed by atoms with Gasteiger partial charge >= 0.3 is 0 Å². The van der Waals surface area contributed by atoms with E-state index in [0.717, 1.165) is 31.1 Å². The standard InChI is InChI=1S/C27H48O2/c1-18(2)9-8-10-19(3)21-12-13-22-26(21,5)16-14-23-25(4)15-7-6-11-20(25)17-24(28)27(22,23)29/h18-24,28-29H,6-17H2,1-5H3/t19-,20-,21+,22-,23+,24-,25-,26-,27+/m1/s1. The molecule has 0 saturated heterocycles. The molecular formula is C27H48O2. The van der Waals surface area contributed by atoms with Crippen LogP contribution in [-0.2, 0) is 0 Å². The van der Waals surface area contributed by atoms with Crippen molar-refractivity contribution < 1.29 is 10.2 Å². The van der Waals surface area contributed by atoms with E-state index in [2.05, 4.69) is 34.6 Å². The molecule has 0 aromatic carbocycles. The van der Waals surface area contributed by atoms with E-state index < -0.39 is 11.7 Å². The normalized spacial score (nSPS) is 50.7. The van der Waals surface area contributed by atoms with E-state index in [0.29, 0.717) is 23.7 Å². The Morgan fingerprint density at radius 1 is 0.862 bits per heavy atom. The lowest BCUT2D eigenvalue weighted by molar-refractivity contribution is -0.267.